The van der Waals surface area contributed by atoms with Crippen molar-refractivity contribution in [2.45, 2.75) is 72.1 Å². The molecule has 152 valence electrons. The third kappa shape index (κ3) is 2.82. The summed E-state index contributed by atoms with van der Waals surface area (Å²) in [6.45, 7) is 7.65. The van der Waals surface area contributed by atoms with Crippen LogP contribution in [0.25, 0.3) is 0 Å². The highest BCUT2D eigenvalue weighted by Crippen LogP contribution is 2.67. The topological polar surface area (TPSA) is 46.5 Å². The molecule has 3 saturated carbocycles. The Morgan fingerprint density at radius 3 is 2.59 bits per heavy atom. The Kier molecular flexibility index (Phi) is 4.98. The van der Waals surface area contributed by atoms with Crippen LogP contribution in [0.4, 0.5) is 0 Å². The predicted octanol–water partition coefficient (Wildman–Crippen LogP) is 4.98. The van der Waals surface area contributed by atoms with E-state index in [1.165, 1.54) is 45.6 Å². The third-order valence-corrected chi connectivity index (χ3v) is 9.77. The number of methoxy groups -OCH3 is 1. The predicted molar refractivity (Wildman–Crippen MR) is 107 cm³/mol. The molecule has 1 N–H and O–H groups in total. The van der Waals surface area contributed by atoms with Crippen molar-refractivity contribution < 1.29 is 14.6 Å². The monoisotopic (exact) mass is 374 g/mol. The largest absolute Gasteiger partial charge is 0.466 e. The highest BCUT2D eigenvalue weighted by atomic mass is 16.5. The fourth-order valence-electron chi connectivity index (χ4n) is 8.26. The van der Waals surface area contributed by atoms with Gasteiger partial charge in [-0.25, -0.2) is 4.79 Å². The maximum absolute atomic E-state index is 12.0. The zero-order valence-electron chi connectivity index (χ0n) is 17.7. The van der Waals surface area contributed by atoms with E-state index in [1.807, 2.05) is 0 Å². The molecular formula is C24H38O3. The van der Waals surface area contributed by atoms with E-state index >= 15 is 0 Å². The van der Waals surface area contributed by atoms with Gasteiger partial charge in [0.05, 0.1) is 7.11 Å². The van der Waals surface area contributed by atoms with Crippen LogP contribution in [-0.4, -0.2) is 24.8 Å². The number of esters is 1. The van der Waals surface area contributed by atoms with Crippen molar-refractivity contribution >= 4 is 5.97 Å². The second-order valence-corrected chi connectivity index (χ2v) is 10.6. The molecule has 0 aromatic rings. The van der Waals surface area contributed by atoms with Gasteiger partial charge in [-0.2, -0.15) is 0 Å². The number of carbonyl (C=O) groups is 1. The van der Waals surface area contributed by atoms with Gasteiger partial charge < -0.3 is 9.84 Å². The van der Waals surface area contributed by atoms with E-state index in [4.69, 9.17) is 4.74 Å². The summed E-state index contributed by atoms with van der Waals surface area (Å²) in [6.07, 6.45) is 12.2. The van der Waals surface area contributed by atoms with Crippen LogP contribution in [0.3, 0.4) is 0 Å². The molecule has 0 aromatic heterocycles. The van der Waals surface area contributed by atoms with E-state index in [1.54, 1.807) is 0 Å². The Labute approximate surface area is 164 Å². The number of hydrogen-bond donors (Lipinski definition) is 1. The van der Waals surface area contributed by atoms with Crippen LogP contribution >= 0.6 is 0 Å². The third-order valence-electron chi connectivity index (χ3n) is 9.77. The van der Waals surface area contributed by atoms with E-state index in [9.17, 15) is 9.90 Å². The zero-order chi connectivity index (χ0) is 19.4. The van der Waals surface area contributed by atoms with Crippen molar-refractivity contribution in [3.05, 3.63) is 11.6 Å². The van der Waals surface area contributed by atoms with Crippen LogP contribution in [-0.2, 0) is 9.53 Å². The molecule has 0 bridgehead atoms. The van der Waals surface area contributed by atoms with Crippen molar-refractivity contribution in [3.8, 4) is 0 Å². The average molecular weight is 375 g/mol. The molecule has 3 nitrogen and oxygen atoms in total. The van der Waals surface area contributed by atoms with Crippen LogP contribution in [0.2, 0.25) is 0 Å². The van der Waals surface area contributed by atoms with Crippen LogP contribution in [0, 0.1) is 46.3 Å². The summed E-state index contributed by atoms with van der Waals surface area (Å²) in [4.78, 5) is 12.0. The molecular weight excluding hydrogens is 336 g/mol. The smallest absolute Gasteiger partial charge is 0.333 e. The lowest BCUT2D eigenvalue weighted by Gasteiger charge is -2.60. The Hall–Kier alpha value is -0.830. The first-order valence-corrected chi connectivity index (χ1v) is 11.2. The van der Waals surface area contributed by atoms with Crippen molar-refractivity contribution in [1.82, 2.24) is 0 Å². The number of carbonyl (C=O) groups excluding carboxylic acids is 1. The van der Waals surface area contributed by atoms with Crippen molar-refractivity contribution in [2.24, 2.45) is 46.3 Å². The van der Waals surface area contributed by atoms with Gasteiger partial charge >= 0.3 is 5.97 Å². The van der Waals surface area contributed by atoms with Gasteiger partial charge in [0.15, 0.2) is 0 Å². The maximum atomic E-state index is 12.0. The molecule has 0 radical (unpaired) electrons. The Morgan fingerprint density at radius 1 is 1.15 bits per heavy atom. The number of aliphatic hydroxyl groups is 1. The normalized spacial score (nSPS) is 47.3. The second-order valence-electron chi connectivity index (χ2n) is 10.6. The van der Waals surface area contributed by atoms with Crippen LogP contribution in [0.15, 0.2) is 11.6 Å². The number of hydrogen-bond acceptors (Lipinski definition) is 3. The molecule has 0 aromatic carbocycles. The van der Waals surface area contributed by atoms with Gasteiger partial charge in [-0.05, 0) is 97.7 Å². The van der Waals surface area contributed by atoms with Crippen LogP contribution in [0.1, 0.15) is 72.1 Å². The number of aliphatic hydroxyl groups excluding tert-OH is 1. The summed E-state index contributed by atoms with van der Waals surface area (Å²) < 4.78 is 5.00. The van der Waals surface area contributed by atoms with Gasteiger partial charge in [-0.15, -0.1) is 0 Å². The first-order chi connectivity index (χ1) is 12.8. The minimum Gasteiger partial charge on any atom is -0.466 e. The lowest BCUT2D eigenvalue weighted by Crippen LogP contribution is -2.52. The molecule has 0 aliphatic heterocycles. The lowest BCUT2D eigenvalue weighted by molar-refractivity contribution is -0.137. The molecule has 4 aliphatic rings. The average Bonchev–Trinajstić information content (AvgIpc) is 3.03. The summed E-state index contributed by atoms with van der Waals surface area (Å²) >= 11 is 0. The quantitative estimate of drug-likeness (QED) is 0.709. The summed E-state index contributed by atoms with van der Waals surface area (Å²) in [5.41, 5.74) is 1.69. The molecule has 3 heteroatoms. The molecule has 0 heterocycles. The maximum Gasteiger partial charge on any atom is 0.333 e. The molecule has 8 atom stereocenters. The molecule has 3 fully saturated rings. The van der Waals surface area contributed by atoms with Gasteiger partial charge in [0.2, 0.25) is 0 Å². The van der Waals surface area contributed by atoms with Gasteiger partial charge in [-0.3, -0.25) is 0 Å². The molecule has 0 amide bonds. The molecule has 27 heavy (non-hydrogen) atoms. The molecule has 0 saturated heterocycles. The van der Waals surface area contributed by atoms with E-state index in [0.717, 1.165) is 36.2 Å². The molecule has 4 rings (SSSR count). The SMILES string of the molecule is COC(=O)C1=C[C@@H]2CC[C@@H]3[C@H](CC[C@]4(C)[C@@H]([C@H](C)CO)CC[C@@H]34)[C@@]2(C)CC1. The summed E-state index contributed by atoms with van der Waals surface area (Å²) in [6, 6.07) is 0. The van der Waals surface area contributed by atoms with Crippen LogP contribution < -0.4 is 0 Å². The summed E-state index contributed by atoms with van der Waals surface area (Å²) in [5.74, 6) is 4.02. The first-order valence-electron chi connectivity index (χ1n) is 11.2. The Morgan fingerprint density at radius 2 is 1.89 bits per heavy atom. The molecule has 0 spiro atoms. The minimum absolute atomic E-state index is 0.119. The summed E-state index contributed by atoms with van der Waals surface area (Å²) in [5, 5.41) is 9.77. The highest BCUT2D eigenvalue weighted by Gasteiger charge is 2.60. The van der Waals surface area contributed by atoms with Gasteiger partial charge in [0.1, 0.15) is 0 Å². The Balaban J connectivity index is 1.58. The first kappa shape index (κ1) is 19.5. The van der Waals surface area contributed by atoms with Crippen molar-refractivity contribution in [2.75, 3.05) is 13.7 Å². The van der Waals surface area contributed by atoms with E-state index in [0.29, 0.717) is 35.2 Å². The fourth-order valence-corrected chi connectivity index (χ4v) is 8.26. The number of ether oxygens (including phenoxy) is 1. The number of rotatable bonds is 3. The highest BCUT2D eigenvalue weighted by molar-refractivity contribution is 5.88. The van der Waals surface area contributed by atoms with E-state index in [-0.39, 0.29) is 5.97 Å². The van der Waals surface area contributed by atoms with E-state index in [2.05, 4.69) is 26.8 Å². The van der Waals surface area contributed by atoms with E-state index < -0.39 is 0 Å². The molecule has 4 aliphatic carbocycles. The van der Waals surface area contributed by atoms with Gasteiger partial charge in [0, 0.05) is 12.2 Å². The van der Waals surface area contributed by atoms with Crippen molar-refractivity contribution in [3.63, 3.8) is 0 Å². The molecule has 0 unspecified atom stereocenters. The fraction of sp³-hybridized carbons (Fsp3) is 0.875. The zero-order valence-corrected chi connectivity index (χ0v) is 17.7. The Bertz CT molecular complexity index is 625. The summed E-state index contributed by atoms with van der Waals surface area (Å²) in [7, 11) is 1.50. The van der Waals surface area contributed by atoms with Crippen molar-refractivity contribution in [1.29, 1.82) is 0 Å². The van der Waals surface area contributed by atoms with Crippen LogP contribution in [0.5, 0.6) is 0 Å². The number of allylic oxidation sites excluding steroid dienone is 1. The van der Waals surface area contributed by atoms with Gasteiger partial charge in [0.25, 0.3) is 0 Å². The minimum atomic E-state index is -0.119. The standard InChI is InChI=1S/C24H38O3/c1-15(14-25)19-7-8-20-18-6-5-17-13-16(22(26)27-4)9-11-23(17,2)21(18)10-12-24(19,20)3/h13,15,17-21,25H,5-12,14H2,1-4H3/t15-,17+,18+,19-,20+,21+,23+,24-/m1/s1. The second kappa shape index (κ2) is 6.90. The van der Waals surface area contributed by atoms with Gasteiger partial charge in [-0.1, -0.05) is 26.8 Å². The number of fused-ring (bicyclic) bond motifs is 5. The lowest BCUT2D eigenvalue weighted by atomic mass is 9.45.